The van der Waals surface area contributed by atoms with Crippen molar-refractivity contribution >= 4 is 15.9 Å². The lowest BCUT2D eigenvalue weighted by Crippen LogP contribution is -2.40. The Morgan fingerprint density at radius 3 is 2.74 bits per heavy atom. The topological polar surface area (TPSA) is 21.3 Å². The molecule has 3 heteroatoms. The Kier molecular flexibility index (Phi) is 4.57. The third-order valence-electron chi connectivity index (χ3n) is 4.63. The van der Waals surface area contributed by atoms with Crippen molar-refractivity contribution in [2.45, 2.75) is 25.2 Å². The van der Waals surface area contributed by atoms with Crippen LogP contribution < -0.4 is 5.32 Å². The highest BCUT2D eigenvalue weighted by Crippen LogP contribution is 2.38. The lowest BCUT2D eigenvalue weighted by molar-refractivity contribution is 0.0185. The number of piperidine rings is 1. The molecule has 0 aliphatic carbocycles. The molecular formula is C16H22BrNO. The molecule has 2 aliphatic rings. The van der Waals surface area contributed by atoms with Crippen LogP contribution in [0.3, 0.4) is 0 Å². The maximum Gasteiger partial charge on any atom is 0.0497 e. The zero-order valence-electron chi connectivity index (χ0n) is 11.3. The van der Waals surface area contributed by atoms with Gasteiger partial charge in [-0.3, -0.25) is 0 Å². The summed E-state index contributed by atoms with van der Waals surface area (Å²) in [5, 5.41) is 3.56. The van der Waals surface area contributed by atoms with Crippen molar-refractivity contribution in [2.75, 3.05) is 26.3 Å². The van der Waals surface area contributed by atoms with Gasteiger partial charge in [0, 0.05) is 24.2 Å². The highest BCUT2D eigenvalue weighted by molar-refractivity contribution is 9.10. The van der Waals surface area contributed by atoms with Gasteiger partial charge < -0.3 is 10.1 Å². The quantitative estimate of drug-likeness (QED) is 0.898. The molecule has 1 aromatic carbocycles. The van der Waals surface area contributed by atoms with E-state index in [0.717, 1.165) is 42.6 Å². The van der Waals surface area contributed by atoms with E-state index in [9.17, 15) is 0 Å². The van der Waals surface area contributed by atoms with Gasteiger partial charge >= 0.3 is 0 Å². The molecule has 19 heavy (non-hydrogen) atoms. The molecule has 0 bridgehead atoms. The van der Waals surface area contributed by atoms with E-state index in [-0.39, 0.29) is 0 Å². The Balaban J connectivity index is 1.78. The molecule has 2 nitrogen and oxygen atoms in total. The predicted octanol–water partition coefficient (Wildman–Crippen LogP) is 3.57. The molecule has 0 radical (unpaired) electrons. The van der Waals surface area contributed by atoms with Crippen molar-refractivity contribution in [3.05, 3.63) is 34.3 Å². The summed E-state index contributed by atoms with van der Waals surface area (Å²) in [5.41, 5.74) is 1.48. The number of ether oxygens (including phenoxy) is 1. The lowest BCUT2D eigenvalue weighted by atomic mass is 9.72. The standard InChI is InChI=1S/C16H22BrNO/c17-14-5-3-12(4-6-14)16-10-18-8-7-15(16)13-2-1-9-19-11-13/h3-6,13,15-16,18H,1-2,7-11H2. The largest absolute Gasteiger partial charge is 0.381 e. The molecule has 1 aromatic rings. The van der Waals surface area contributed by atoms with E-state index in [4.69, 9.17) is 4.74 Å². The summed E-state index contributed by atoms with van der Waals surface area (Å²) in [6, 6.07) is 8.88. The van der Waals surface area contributed by atoms with Crippen molar-refractivity contribution in [1.29, 1.82) is 0 Å². The SMILES string of the molecule is Brc1ccc(C2CNCCC2C2CCCOC2)cc1. The minimum absolute atomic E-state index is 0.647. The number of nitrogens with one attached hydrogen (secondary N) is 1. The van der Waals surface area contributed by atoms with E-state index in [1.165, 1.54) is 24.8 Å². The molecular weight excluding hydrogens is 302 g/mol. The molecule has 0 spiro atoms. The summed E-state index contributed by atoms with van der Waals surface area (Å²) < 4.78 is 6.88. The number of halogens is 1. The van der Waals surface area contributed by atoms with Gasteiger partial charge in [0.2, 0.25) is 0 Å². The van der Waals surface area contributed by atoms with Gasteiger partial charge in [0.15, 0.2) is 0 Å². The average Bonchev–Trinajstić information content (AvgIpc) is 2.49. The molecule has 1 N–H and O–H groups in total. The Morgan fingerprint density at radius 2 is 2.00 bits per heavy atom. The smallest absolute Gasteiger partial charge is 0.0497 e. The summed E-state index contributed by atoms with van der Waals surface area (Å²) in [5.74, 6) is 2.18. The summed E-state index contributed by atoms with van der Waals surface area (Å²) in [6.07, 6.45) is 3.87. The van der Waals surface area contributed by atoms with Crippen molar-refractivity contribution in [3.63, 3.8) is 0 Å². The fourth-order valence-electron chi connectivity index (χ4n) is 3.62. The number of benzene rings is 1. The molecule has 0 aromatic heterocycles. The summed E-state index contributed by atoms with van der Waals surface area (Å²) >= 11 is 3.53. The fourth-order valence-corrected chi connectivity index (χ4v) is 3.89. The van der Waals surface area contributed by atoms with E-state index in [2.05, 4.69) is 45.5 Å². The normalized spacial score (nSPS) is 32.2. The van der Waals surface area contributed by atoms with Crippen LogP contribution in [0.5, 0.6) is 0 Å². The second-order valence-corrected chi connectivity index (χ2v) is 6.71. The van der Waals surface area contributed by atoms with Crippen LogP contribution in [0.25, 0.3) is 0 Å². The maximum atomic E-state index is 5.71. The van der Waals surface area contributed by atoms with Crippen molar-refractivity contribution < 1.29 is 4.74 Å². The number of hydrogen-bond donors (Lipinski definition) is 1. The zero-order valence-corrected chi connectivity index (χ0v) is 12.9. The second kappa shape index (κ2) is 6.38. The molecule has 0 amide bonds. The second-order valence-electron chi connectivity index (χ2n) is 5.79. The van der Waals surface area contributed by atoms with E-state index in [0.29, 0.717) is 5.92 Å². The van der Waals surface area contributed by atoms with Crippen molar-refractivity contribution in [1.82, 2.24) is 5.32 Å². The first-order valence-corrected chi connectivity index (χ1v) is 8.18. The van der Waals surface area contributed by atoms with Gasteiger partial charge in [0.1, 0.15) is 0 Å². The first-order chi connectivity index (χ1) is 9.34. The minimum Gasteiger partial charge on any atom is -0.381 e. The molecule has 3 rings (SSSR count). The minimum atomic E-state index is 0.647. The van der Waals surface area contributed by atoms with Gasteiger partial charge in [-0.05, 0) is 61.3 Å². The number of rotatable bonds is 2. The van der Waals surface area contributed by atoms with E-state index in [1.807, 2.05) is 0 Å². The summed E-state index contributed by atoms with van der Waals surface area (Å²) in [6.45, 7) is 4.21. The van der Waals surface area contributed by atoms with E-state index >= 15 is 0 Å². The summed E-state index contributed by atoms with van der Waals surface area (Å²) in [4.78, 5) is 0. The van der Waals surface area contributed by atoms with Crippen LogP contribution in [0.4, 0.5) is 0 Å². The highest BCUT2D eigenvalue weighted by atomic mass is 79.9. The lowest BCUT2D eigenvalue weighted by Gasteiger charge is -2.39. The molecule has 3 unspecified atom stereocenters. The van der Waals surface area contributed by atoms with Crippen LogP contribution >= 0.6 is 15.9 Å². The van der Waals surface area contributed by atoms with Crippen LogP contribution in [0.1, 0.15) is 30.7 Å². The van der Waals surface area contributed by atoms with Crippen molar-refractivity contribution in [2.24, 2.45) is 11.8 Å². The van der Waals surface area contributed by atoms with Crippen LogP contribution in [0.2, 0.25) is 0 Å². The zero-order chi connectivity index (χ0) is 13.1. The number of hydrogen-bond acceptors (Lipinski definition) is 2. The Labute approximate surface area is 124 Å². The molecule has 0 saturated carbocycles. The van der Waals surface area contributed by atoms with Gasteiger partial charge in [0.05, 0.1) is 0 Å². The Morgan fingerprint density at radius 1 is 1.16 bits per heavy atom. The Bertz CT molecular complexity index is 400. The predicted molar refractivity (Wildman–Crippen MR) is 81.4 cm³/mol. The molecule has 2 fully saturated rings. The summed E-state index contributed by atoms with van der Waals surface area (Å²) in [7, 11) is 0. The molecule has 104 valence electrons. The first kappa shape index (κ1) is 13.6. The monoisotopic (exact) mass is 323 g/mol. The van der Waals surface area contributed by atoms with Crippen molar-refractivity contribution in [3.8, 4) is 0 Å². The molecule has 2 aliphatic heterocycles. The molecule has 2 saturated heterocycles. The van der Waals surface area contributed by atoms with Crippen LogP contribution in [-0.2, 0) is 4.74 Å². The maximum absolute atomic E-state index is 5.71. The van der Waals surface area contributed by atoms with Crippen LogP contribution in [0, 0.1) is 11.8 Å². The van der Waals surface area contributed by atoms with Crippen LogP contribution in [0.15, 0.2) is 28.7 Å². The van der Waals surface area contributed by atoms with Gasteiger partial charge in [-0.1, -0.05) is 28.1 Å². The Hall–Kier alpha value is -0.380. The van der Waals surface area contributed by atoms with Gasteiger partial charge in [-0.25, -0.2) is 0 Å². The first-order valence-electron chi connectivity index (χ1n) is 7.38. The van der Waals surface area contributed by atoms with E-state index in [1.54, 1.807) is 0 Å². The van der Waals surface area contributed by atoms with Gasteiger partial charge in [-0.2, -0.15) is 0 Å². The molecule has 3 atom stereocenters. The third-order valence-corrected chi connectivity index (χ3v) is 5.16. The fraction of sp³-hybridized carbons (Fsp3) is 0.625. The highest BCUT2D eigenvalue weighted by Gasteiger charge is 2.33. The average molecular weight is 324 g/mol. The van der Waals surface area contributed by atoms with Gasteiger partial charge in [-0.15, -0.1) is 0 Å². The van der Waals surface area contributed by atoms with Gasteiger partial charge in [0.25, 0.3) is 0 Å². The molecule has 2 heterocycles. The van der Waals surface area contributed by atoms with E-state index < -0.39 is 0 Å². The third kappa shape index (κ3) is 3.21. The van der Waals surface area contributed by atoms with Crippen LogP contribution in [-0.4, -0.2) is 26.3 Å².